The van der Waals surface area contributed by atoms with Crippen molar-refractivity contribution < 1.29 is 37.7 Å². The lowest BCUT2D eigenvalue weighted by molar-refractivity contribution is -0.107. The maximum Gasteiger partial charge on any atom is 0.361 e. The molecule has 0 aliphatic heterocycles. The molecule has 0 radical (unpaired) electrons. The Morgan fingerprint density at radius 2 is 1.91 bits per heavy atom. The molecule has 5 atom stereocenters. The van der Waals surface area contributed by atoms with Crippen molar-refractivity contribution in [2.24, 2.45) is 0 Å². The van der Waals surface area contributed by atoms with Crippen LogP contribution in [0.2, 0.25) is 0 Å². The summed E-state index contributed by atoms with van der Waals surface area (Å²) in [4.78, 5) is 9.75. The summed E-state index contributed by atoms with van der Waals surface area (Å²) in [7, 11) is -3.23. The summed E-state index contributed by atoms with van der Waals surface area (Å²) in [6, 6.07) is -0.939. The van der Waals surface area contributed by atoms with Gasteiger partial charge < -0.3 is 19.8 Å². The van der Waals surface area contributed by atoms with Gasteiger partial charge in [-0.15, -0.1) is 0 Å². The van der Waals surface area contributed by atoms with Gasteiger partial charge in [-0.25, -0.2) is 8.78 Å². The van der Waals surface area contributed by atoms with Crippen LogP contribution in [0, 0.1) is 0 Å². The van der Waals surface area contributed by atoms with E-state index in [1.165, 1.54) is 21.7 Å². The highest BCUT2D eigenvalue weighted by Crippen LogP contribution is 2.58. The van der Waals surface area contributed by atoms with Crippen molar-refractivity contribution in [1.29, 1.82) is 0 Å². The molecule has 132 valence electrons. The van der Waals surface area contributed by atoms with Crippen LogP contribution in [0.5, 0.6) is 0 Å². The van der Waals surface area contributed by atoms with Crippen molar-refractivity contribution in [2.75, 3.05) is 13.2 Å². The predicted molar refractivity (Wildman–Crippen MR) is 80.8 cm³/mol. The zero-order valence-corrected chi connectivity index (χ0v) is 14.4. The zero-order chi connectivity index (χ0) is 17.6. The van der Waals surface area contributed by atoms with Crippen LogP contribution in [0.25, 0.3) is 0 Å². The van der Waals surface area contributed by atoms with E-state index in [1.54, 1.807) is 0 Å². The van der Waals surface area contributed by atoms with E-state index < -0.39 is 44.0 Å². The number of halogens is 2. The Morgan fingerprint density at radius 1 is 1.36 bits per heavy atom. The summed E-state index contributed by atoms with van der Waals surface area (Å²) >= 11 is 0. The molecule has 0 aliphatic carbocycles. The quantitative estimate of drug-likeness (QED) is 0.383. The Hall–Kier alpha value is -0.0451. The second-order valence-corrected chi connectivity index (χ2v) is 7.63. The van der Waals surface area contributed by atoms with E-state index in [9.17, 15) is 23.3 Å². The van der Waals surface area contributed by atoms with Crippen molar-refractivity contribution in [3.05, 3.63) is 0 Å². The number of hydrogen-bond acceptors (Lipinski definition) is 5. The molecule has 3 N–H and O–H groups in total. The molecule has 0 saturated heterocycles. The van der Waals surface area contributed by atoms with Crippen molar-refractivity contribution in [3.63, 3.8) is 0 Å². The van der Waals surface area contributed by atoms with Gasteiger partial charge in [0, 0.05) is 12.8 Å². The average molecular weight is 346 g/mol. The smallest absolute Gasteiger partial charge is 0.361 e. The van der Waals surface area contributed by atoms with Gasteiger partial charge in [0.1, 0.15) is 14.0 Å². The van der Waals surface area contributed by atoms with Gasteiger partial charge in [0.25, 0.3) is 0 Å². The first-order chi connectivity index (χ1) is 9.94. The van der Waals surface area contributed by atoms with E-state index in [-0.39, 0.29) is 19.4 Å². The van der Waals surface area contributed by atoms with Crippen LogP contribution >= 0.6 is 7.60 Å². The fourth-order valence-electron chi connectivity index (χ4n) is 1.46. The molecule has 0 saturated carbocycles. The second-order valence-electron chi connectivity index (χ2n) is 5.44. The van der Waals surface area contributed by atoms with E-state index in [4.69, 9.17) is 9.84 Å². The van der Waals surface area contributed by atoms with Crippen LogP contribution in [0.3, 0.4) is 0 Å². The molecule has 6 nitrogen and oxygen atoms in total. The summed E-state index contributed by atoms with van der Waals surface area (Å²) in [6.07, 6.45) is -2.33. The lowest BCUT2D eigenvalue weighted by atomic mass is 9.95. The molecule has 0 bridgehead atoms. The lowest BCUT2D eigenvalue weighted by Crippen LogP contribution is -2.35. The van der Waals surface area contributed by atoms with E-state index in [0.717, 1.165) is 6.92 Å². The second kappa shape index (κ2) is 8.71. The highest BCUT2D eigenvalue weighted by molar-refractivity contribution is 7.54. The van der Waals surface area contributed by atoms with E-state index in [1.807, 2.05) is 0 Å². The maximum atomic E-state index is 14.5. The average Bonchev–Trinajstić information content (AvgIpc) is 2.45. The molecule has 0 heterocycles. The summed E-state index contributed by atoms with van der Waals surface area (Å²) in [6.45, 7) is 3.00. The first-order valence-corrected chi connectivity index (χ1v) is 8.84. The Bertz CT molecular complexity index is 387. The van der Waals surface area contributed by atoms with Crippen LogP contribution in [0.15, 0.2) is 0 Å². The molecular formula is C12H26BF2O6P. The normalized spacial score (nSPS) is 23.1. The number of rotatable bonds is 11. The molecule has 0 rings (SSSR count). The predicted octanol–water partition coefficient (Wildman–Crippen LogP) is 1.08. The van der Waals surface area contributed by atoms with Gasteiger partial charge in [0.05, 0.1) is 19.2 Å². The molecule has 0 amide bonds. The largest absolute Gasteiger partial charge is 0.393 e. The molecule has 22 heavy (non-hydrogen) atoms. The fraction of sp³-hybridized carbons (Fsp3) is 1.00. The minimum atomic E-state index is -4.61. The molecule has 0 fully saturated rings. The lowest BCUT2D eigenvalue weighted by Gasteiger charge is -2.33. The fourth-order valence-corrected chi connectivity index (χ4v) is 2.72. The maximum absolute atomic E-state index is 14.5. The molecular weight excluding hydrogens is 320 g/mol. The zero-order valence-electron chi connectivity index (χ0n) is 13.5. The minimum absolute atomic E-state index is 0.0891. The van der Waals surface area contributed by atoms with Crippen LogP contribution < -0.4 is 0 Å². The third-order valence-corrected chi connectivity index (χ3v) is 5.74. The standard InChI is InChI=1S/C12H26BF2O6P/c1-4-11(3,17)22(18,19)21-12(15,5-2)6-7-20-10(13)9(14)8-16/h9-10,16-17H,4-8,13H2,1-3H3,(H,18,19)/t9-,10-,11-,12?/m1/s1. The highest BCUT2D eigenvalue weighted by Gasteiger charge is 2.48. The summed E-state index contributed by atoms with van der Waals surface area (Å²) < 4.78 is 49.3. The Labute approximate surface area is 130 Å². The molecule has 0 spiro atoms. The van der Waals surface area contributed by atoms with Crippen molar-refractivity contribution in [3.8, 4) is 0 Å². The first kappa shape index (κ1) is 22.0. The molecule has 2 unspecified atom stereocenters. The van der Waals surface area contributed by atoms with Gasteiger partial charge in [0.15, 0.2) is 5.34 Å². The number of alkyl halides is 2. The monoisotopic (exact) mass is 346 g/mol. The molecule has 0 aliphatic rings. The molecule has 0 aromatic heterocycles. The van der Waals surface area contributed by atoms with Crippen LogP contribution in [0.1, 0.15) is 40.0 Å². The van der Waals surface area contributed by atoms with E-state index >= 15 is 0 Å². The summed E-state index contributed by atoms with van der Waals surface area (Å²) in [5.41, 5.74) is 0. The number of aliphatic hydroxyl groups excluding tert-OH is 1. The van der Waals surface area contributed by atoms with Gasteiger partial charge >= 0.3 is 7.60 Å². The Balaban J connectivity index is 4.69. The number of aliphatic hydroxyl groups is 2. The van der Waals surface area contributed by atoms with E-state index in [0.29, 0.717) is 0 Å². The summed E-state index contributed by atoms with van der Waals surface area (Å²) in [5, 5.41) is 16.4. The molecule has 10 heteroatoms. The van der Waals surface area contributed by atoms with Crippen molar-refractivity contribution >= 4 is 15.4 Å². The van der Waals surface area contributed by atoms with Crippen LogP contribution in [-0.4, -0.2) is 59.5 Å². The Kier molecular flexibility index (Phi) is 8.69. The van der Waals surface area contributed by atoms with Crippen molar-refractivity contribution in [2.45, 2.75) is 63.4 Å². The molecule has 0 aromatic rings. The van der Waals surface area contributed by atoms with Crippen LogP contribution in [-0.2, 0) is 13.8 Å². The van der Waals surface area contributed by atoms with E-state index in [2.05, 4.69) is 4.52 Å². The third-order valence-electron chi connectivity index (χ3n) is 3.63. The number of hydrogen-bond donors (Lipinski definition) is 3. The van der Waals surface area contributed by atoms with Gasteiger partial charge in [-0.2, -0.15) is 0 Å². The van der Waals surface area contributed by atoms with Gasteiger partial charge in [-0.05, 0) is 13.3 Å². The van der Waals surface area contributed by atoms with Crippen molar-refractivity contribution in [1.82, 2.24) is 0 Å². The third kappa shape index (κ3) is 6.22. The topological polar surface area (TPSA) is 96.2 Å². The molecule has 0 aromatic carbocycles. The highest BCUT2D eigenvalue weighted by atomic mass is 31.2. The van der Waals surface area contributed by atoms with Gasteiger partial charge in [0.2, 0.25) is 5.85 Å². The van der Waals surface area contributed by atoms with Gasteiger partial charge in [-0.1, -0.05) is 13.8 Å². The SMILES string of the molecule is B[C@H](OCCC(F)(CC)OP(=O)(O)[C@@](C)(O)CC)[C@H](F)CO. The van der Waals surface area contributed by atoms with Crippen LogP contribution in [0.4, 0.5) is 8.78 Å². The number of ether oxygens (including phenoxy) is 1. The summed E-state index contributed by atoms with van der Waals surface area (Å²) in [5.74, 6) is -2.48. The Morgan fingerprint density at radius 3 is 2.32 bits per heavy atom. The van der Waals surface area contributed by atoms with Gasteiger partial charge in [-0.3, -0.25) is 9.09 Å². The minimum Gasteiger partial charge on any atom is -0.393 e. The first-order valence-electron chi connectivity index (χ1n) is 7.26.